The second-order valence-corrected chi connectivity index (χ2v) is 13.6. The molecule has 3 unspecified atom stereocenters. The summed E-state index contributed by atoms with van der Waals surface area (Å²) in [4.78, 5) is 22.5. The zero-order valence-corrected chi connectivity index (χ0v) is 28.6. The van der Waals surface area contributed by atoms with Crippen LogP contribution in [0.2, 0.25) is 0 Å². The van der Waals surface area contributed by atoms with Gasteiger partial charge in [-0.15, -0.1) is 0 Å². The van der Waals surface area contributed by atoms with Gasteiger partial charge in [0.25, 0.3) is 0 Å². The number of Topliss-reactive ketones (excluding diaryl/α,β-unsaturated/α-hetero) is 1. The quantitative estimate of drug-likeness (QED) is 0.0647. The van der Waals surface area contributed by atoms with Gasteiger partial charge in [-0.2, -0.15) is 0 Å². The number of carbonyl (C=O) groups excluding carboxylic acids is 1. The summed E-state index contributed by atoms with van der Waals surface area (Å²) in [6.45, 7) is 6.56. The lowest BCUT2D eigenvalue weighted by Crippen LogP contribution is -2.21. The highest BCUT2D eigenvalue weighted by molar-refractivity contribution is 7.47. The summed E-state index contributed by atoms with van der Waals surface area (Å²) in [5, 5.41) is 0. The van der Waals surface area contributed by atoms with Crippen LogP contribution in [0.25, 0.3) is 0 Å². The van der Waals surface area contributed by atoms with Gasteiger partial charge >= 0.3 is 7.82 Å². The van der Waals surface area contributed by atoms with E-state index in [1.165, 1.54) is 89.9 Å². The Balaban J connectivity index is 2.33. The van der Waals surface area contributed by atoms with Crippen molar-refractivity contribution >= 4 is 13.6 Å². The van der Waals surface area contributed by atoms with Crippen LogP contribution in [-0.2, 0) is 24.8 Å². The first-order chi connectivity index (χ1) is 20.8. The van der Waals surface area contributed by atoms with Crippen LogP contribution in [0.1, 0.15) is 148 Å². The van der Waals surface area contributed by atoms with E-state index in [9.17, 15) is 14.3 Å². The Morgan fingerprint density at radius 3 is 1.91 bits per heavy atom. The summed E-state index contributed by atoms with van der Waals surface area (Å²) >= 11 is 0. The number of unbranched alkanes of at least 4 members (excludes halogenated alkanes) is 15. The van der Waals surface area contributed by atoms with Gasteiger partial charge in [-0.05, 0) is 43.7 Å². The largest absolute Gasteiger partial charge is 0.493 e. The molecule has 0 amide bonds. The van der Waals surface area contributed by atoms with Gasteiger partial charge in [-0.25, -0.2) is 4.57 Å². The van der Waals surface area contributed by atoms with Crippen LogP contribution >= 0.6 is 7.82 Å². The van der Waals surface area contributed by atoms with Crippen molar-refractivity contribution in [2.75, 3.05) is 19.8 Å². The molecule has 0 aliphatic heterocycles. The Kier molecular flexibility index (Phi) is 24.1. The SMILES string of the molecule is CCCCCCCCCCCCCCCCCCOc1ccccc1CC(COP(=O)(O)OC(C)CN)CC(=O)CCC. The number of phosphoric ester groups is 1. The number of phosphoric acid groups is 1. The zero-order chi connectivity index (χ0) is 31.6. The van der Waals surface area contributed by atoms with Gasteiger partial charge < -0.3 is 15.4 Å². The van der Waals surface area contributed by atoms with Crippen LogP contribution in [-0.4, -0.2) is 36.5 Å². The maximum Gasteiger partial charge on any atom is 0.472 e. The fourth-order valence-electron chi connectivity index (χ4n) is 5.35. The number of benzene rings is 1. The molecule has 8 heteroatoms. The van der Waals surface area contributed by atoms with Crippen molar-refractivity contribution in [3.63, 3.8) is 0 Å². The molecule has 0 bridgehead atoms. The first-order valence-electron chi connectivity index (χ1n) is 17.4. The molecule has 7 nitrogen and oxygen atoms in total. The third-order valence-corrected chi connectivity index (χ3v) is 9.00. The van der Waals surface area contributed by atoms with Crippen molar-refractivity contribution in [2.45, 2.75) is 155 Å². The maximum absolute atomic E-state index is 12.5. The molecule has 3 N–H and O–H groups in total. The highest BCUT2D eigenvalue weighted by Gasteiger charge is 2.27. The highest BCUT2D eigenvalue weighted by Crippen LogP contribution is 2.45. The molecule has 1 aromatic carbocycles. The van der Waals surface area contributed by atoms with Crippen LogP contribution in [0.5, 0.6) is 5.75 Å². The molecule has 0 aliphatic carbocycles. The summed E-state index contributed by atoms with van der Waals surface area (Å²) in [5.74, 6) is 0.653. The van der Waals surface area contributed by atoms with Crippen LogP contribution in [0, 0.1) is 5.92 Å². The molecule has 1 aromatic rings. The third kappa shape index (κ3) is 22.0. The van der Waals surface area contributed by atoms with Gasteiger partial charge in [0.05, 0.1) is 19.3 Å². The molecule has 0 spiro atoms. The number of hydrogen-bond donors (Lipinski definition) is 2. The van der Waals surface area contributed by atoms with E-state index >= 15 is 0 Å². The Labute approximate surface area is 263 Å². The monoisotopic (exact) mass is 625 g/mol. The molecule has 0 radical (unpaired) electrons. The molecule has 250 valence electrons. The van der Waals surface area contributed by atoms with Crippen molar-refractivity contribution in [1.29, 1.82) is 0 Å². The van der Waals surface area contributed by atoms with E-state index in [2.05, 4.69) is 6.92 Å². The lowest BCUT2D eigenvalue weighted by molar-refractivity contribution is -0.120. The Bertz CT molecular complexity index is 866. The molecular weight excluding hydrogens is 561 g/mol. The minimum Gasteiger partial charge on any atom is -0.493 e. The second-order valence-electron chi connectivity index (χ2n) is 12.2. The summed E-state index contributed by atoms with van der Waals surface area (Å²) in [5.41, 5.74) is 6.48. The standard InChI is InChI=1S/C35H64NO6P/c1-4-6-7-8-9-10-11-12-13-14-15-16-17-18-19-22-26-40-35-25-21-20-24-33(35)27-32(28-34(37)23-5-2)30-41-43(38,39)42-31(3)29-36/h20-21,24-25,31-32H,4-19,22-23,26-30,36H2,1-3H3,(H,38,39). The zero-order valence-electron chi connectivity index (χ0n) is 27.7. The van der Waals surface area contributed by atoms with Gasteiger partial charge in [0.2, 0.25) is 0 Å². The number of carbonyl (C=O) groups is 1. The summed E-state index contributed by atoms with van der Waals surface area (Å²) < 4.78 is 28.9. The van der Waals surface area contributed by atoms with E-state index in [1.54, 1.807) is 6.92 Å². The fraction of sp³-hybridized carbons (Fsp3) is 0.800. The fourth-order valence-corrected chi connectivity index (χ4v) is 6.35. The van der Waals surface area contributed by atoms with Crippen LogP contribution in [0.15, 0.2) is 24.3 Å². The number of nitrogens with two attached hydrogens (primary N) is 1. The van der Waals surface area contributed by atoms with Crippen molar-refractivity contribution in [2.24, 2.45) is 11.7 Å². The molecule has 3 atom stereocenters. The summed E-state index contributed by atoms with van der Waals surface area (Å²) in [6, 6.07) is 7.85. The van der Waals surface area contributed by atoms with E-state index in [4.69, 9.17) is 19.5 Å². The molecule has 0 saturated heterocycles. The predicted molar refractivity (Wildman–Crippen MR) is 179 cm³/mol. The average Bonchev–Trinajstić information content (AvgIpc) is 2.98. The number of para-hydroxylation sites is 1. The minimum atomic E-state index is -4.27. The Hall–Kier alpha value is -1.24. The molecule has 0 fully saturated rings. The first kappa shape index (κ1) is 39.8. The van der Waals surface area contributed by atoms with Crippen LogP contribution < -0.4 is 10.5 Å². The first-order valence-corrected chi connectivity index (χ1v) is 18.9. The smallest absolute Gasteiger partial charge is 0.472 e. The number of hydrogen-bond acceptors (Lipinski definition) is 6. The summed E-state index contributed by atoms with van der Waals surface area (Å²) in [6.07, 6.45) is 22.8. The highest BCUT2D eigenvalue weighted by atomic mass is 31.2. The van der Waals surface area contributed by atoms with Gasteiger partial charge in [0, 0.05) is 19.4 Å². The topological polar surface area (TPSA) is 108 Å². The van der Waals surface area contributed by atoms with Crippen LogP contribution in [0.3, 0.4) is 0 Å². The average molecular weight is 626 g/mol. The lowest BCUT2D eigenvalue weighted by Gasteiger charge is -2.21. The van der Waals surface area contributed by atoms with E-state index in [1.807, 2.05) is 31.2 Å². The van der Waals surface area contributed by atoms with Gasteiger partial charge in [0.1, 0.15) is 11.5 Å². The molecule has 1 rings (SSSR count). The van der Waals surface area contributed by atoms with Crippen LogP contribution in [0.4, 0.5) is 0 Å². The molecule has 0 saturated carbocycles. The lowest BCUT2D eigenvalue weighted by atomic mass is 9.93. The van der Waals surface area contributed by atoms with Gasteiger partial charge in [0.15, 0.2) is 0 Å². The number of ether oxygens (including phenoxy) is 1. The van der Waals surface area contributed by atoms with Crippen molar-refractivity contribution in [1.82, 2.24) is 0 Å². The molecular formula is C35H64NO6P. The van der Waals surface area contributed by atoms with Crippen molar-refractivity contribution in [3.8, 4) is 5.75 Å². The van der Waals surface area contributed by atoms with E-state index in [0.29, 0.717) is 19.4 Å². The van der Waals surface area contributed by atoms with E-state index < -0.39 is 13.9 Å². The molecule has 43 heavy (non-hydrogen) atoms. The Morgan fingerprint density at radius 2 is 1.37 bits per heavy atom. The Morgan fingerprint density at radius 1 is 0.837 bits per heavy atom. The summed E-state index contributed by atoms with van der Waals surface area (Å²) in [7, 11) is -4.27. The minimum absolute atomic E-state index is 0.0615. The predicted octanol–water partition coefficient (Wildman–Crippen LogP) is 9.73. The van der Waals surface area contributed by atoms with E-state index in [0.717, 1.165) is 30.6 Å². The van der Waals surface area contributed by atoms with E-state index in [-0.39, 0.29) is 31.3 Å². The number of rotatable bonds is 30. The van der Waals surface area contributed by atoms with Crippen molar-refractivity contribution in [3.05, 3.63) is 29.8 Å². The molecule has 0 aliphatic rings. The third-order valence-electron chi connectivity index (χ3n) is 7.90. The van der Waals surface area contributed by atoms with Gasteiger partial charge in [-0.3, -0.25) is 13.8 Å². The normalized spacial score (nSPS) is 14.3. The van der Waals surface area contributed by atoms with Crippen molar-refractivity contribution < 1.29 is 28.0 Å². The second kappa shape index (κ2) is 26.0. The van der Waals surface area contributed by atoms with Gasteiger partial charge in [-0.1, -0.05) is 128 Å². The molecule has 0 heterocycles. The molecule has 0 aromatic heterocycles. The number of ketones is 1. The maximum atomic E-state index is 12.5.